The third kappa shape index (κ3) is 5.10. The quantitative estimate of drug-likeness (QED) is 0.490. The Kier molecular flexibility index (Phi) is 6.95. The first-order chi connectivity index (χ1) is 11.0. The number of Topliss-reactive ketones (excluding diaryl/α,β-unsaturated/α-hetero) is 1. The van der Waals surface area contributed by atoms with Crippen LogP contribution in [-0.2, 0) is 6.61 Å². The van der Waals surface area contributed by atoms with E-state index in [0.717, 1.165) is 5.56 Å². The van der Waals surface area contributed by atoms with Crippen LogP contribution in [0.5, 0.6) is 5.75 Å². The number of amides is 1. The van der Waals surface area contributed by atoms with Gasteiger partial charge in [-0.2, -0.15) is 4.99 Å². The van der Waals surface area contributed by atoms with Crippen molar-refractivity contribution in [3.05, 3.63) is 65.2 Å². The standard InChI is InChI=1S/C17H17N3O3.ClH/c1-11(21)14-9-13(16(22)20-17(18)19)7-8-15(14)23-10-12-5-3-2-4-6-12;/h2-9H,10H2,1H3,(H4,18,19,20,22);1H. The minimum atomic E-state index is -0.609. The van der Waals surface area contributed by atoms with Gasteiger partial charge in [-0.25, -0.2) is 0 Å². The van der Waals surface area contributed by atoms with Crippen molar-refractivity contribution in [2.75, 3.05) is 0 Å². The average Bonchev–Trinajstić information content (AvgIpc) is 2.53. The zero-order valence-electron chi connectivity index (χ0n) is 13.1. The molecule has 0 aliphatic rings. The molecule has 0 aliphatic heterocycles. The predicted molar refractivity (Wildman–Crippen MR) is 94.6 cm³/mol. The molecule has 126 valence electrons. The Bertz CT molecular complexity index is 757. The van der Waals surface area contributed by atoms with Crippen molar-refractivity contribution in [2.45, 2.75) is 13.5 Å². The van der Waals surface area contributed by atoms with Gasteiger partial charge in [0.05, 0.1) is 5.56 Å². The molecule has 24 heavy (non-hydrogen) atoms. The molecule has 0 heterocycles. The number of ether oxygens (including phenoxy) is 1. The highest BCUT2D eigenvalue weighted by Crippen LogP contribution is 2.22. The second-order valence-corrected chi connectivity index (χ2v) is 4.88. The van der Waals surface area contributed by atoms with E-state index in [0.29, 0.717) is 17.9 Å². The lowest BCUT2D eigenvalue weighted by molar-refractivity contribution is 0.100. The van der Waals surface area contributed by atoms with Gasteiger partial charge in [0.25, 0.3) is 5.91 Å². The molecule has 2 aromatic rings. The molecule has 0 unspecified atom stereocenters. The molecule has 0 saturated carbocycles. The SMILES string of the molecule is CC(=O)c1cc(C(=O)N=C(N)N)ccc1OCc1ccccc1.Cl. The molecule has 2 aromatic carbocycles. The van der Waals surface area contributed by atoms with Crippen LogP contribution in [-0.4, -0.2) is 17.6 Å². The Balaban J connectivity index is 0.00000288. The largest absolute Gasteiger partial charge is 0.488 e. The highest BCUT2D eigenvalue weighted by Gasteiger charge is 2.13. The van der Waals surface area contributed by atoms with Crippen molar-refractivity contribution in [3.63, 3.8) is 0 Å². The molecule has 2 rings (SSSR count). The number of carbonyl (C=O) groups excluding carboxylic acids is 2. The van der Waals surface area contributed by atoms with E-state index in [1.54, 1.807) is 6.07 Å². The zero-order chi connectivity index (χ0) is 16.8. The zero-order valence-corrected chi connectivity index (χ0v) is 13.9. The number of aliphatic imine (C=N–C) groups is 1. The summed E-state index contributed by atoms with van der Waals surface area (Å²) in [6.45, 7) is 1.72. The van der Waals surface area contributed by atoms with Crippen molar-refractivity contribution < 1.29 is 14.3 Å². The summed E-state index contributed by atoms with van der Waals surface area (Å²) in [5, 5.41) is 0. The number of hydrogen-bond acceptors (Lipinski definition) is 3. The molecule has 0 fully saturated rings. The van der Waals surface area contributed by atoms with Crippen LogP contribution in [0.15, 0.2) is 53.5 Å². The second-order valence-electron chi connectivity index (χ2n) is 4.88. The predicted octanol–water partition coefficient (Wildman–Crippen LogP) is 2.30. The molecule has 6 nitrogen and oxygen atoms in total. The fourth-order valence-electron chi connectivity index (χ4n) is 1.98. The van der Waals surface area contributed by atoms with E-state index in [2.05, 4.69) is 4.99 Å². The maximum atomic E-state index is 11.8. The highest BCUT2D eigenvalue weighted by atomic mass is 35.5. The normalized spacial score (nSPS) is 9.54. The lowest BCUT2D eigenvalue weighted by Gasteiger charge is -2.11. The van der Waals surface area contributed by atoms with E-state index in [1.807, 2.05) is 30.3 Å². The highest BCUT2D eigenvalue weighted by molar-refractivity contribution is 6.04. The van der Waals surface area contributed by atoms with Crippen molar-refractivity contribution >= 4 is 30.1 Å². The second kappa shape index (κ2) is 8.69. The number of ketones is 1. The van der Waals surface area contributed by atoms with Crippen LogP contribution in [0.2, 0.25) is 0 Å². The summed E-state index contributed by atoms with van der Waals surface area (Å²) in [4.78, 5) is 27.1. The Morgan fingerprint density at radius 2 is 1.75 bits per heavy atom. The van der Waals surface area contributed by atoms with E-state index >= 15 is 0 Å². The van der Waals surface area contributed by atoms with Crippen LogP contribution in [0.25, 0.3) is 0 Å². The molecule has 4 N–H and O–H groups in total. The maximum Gasteiger partial charge on any atom is 0.280 e. The van der Waals surface area contributed by atoms with Crippen LogP contribution in [0.1, 0.15) is 33.2 Å². The summed E-state index contributed by atoms with van der Waals surface area (Å²) in [6, 6.07) is 14.1. The summed E-state index contributed by atoms with van der Waals surface area (Å²) >= 11 is 0. The van der Waals surface area contributed by atoms with Crippen LogP contribution in [0, 0.1) is 0 Å². The minimum Gasteiger partial charge on any atom is -0.488 e. The lowest BCUT2D eigenvalue weighted by atomic mass is 10.1. The molecular weight excluding hydrogens is 330 g/mol. The van der Waals surface area contributed by atoms with E-state index in [-0.39, 0.29) is 29.7 Å². The number of guanidine groups is 1. The van der Waals surface area contributed by atoms with Gasteiger partial charge >= 0.3 is 0 Å². The number of benzene rings is 2. The molecular formula is C17H18ClN3O3. The monoisotopic (exact) mass is 347 g/mol. The Labute approximate surface area is 145 Å². The Hall–Kier alpha value is -2.86. The van der Waals surface area contributed by atoms with Gasteiger partial charge in [0.15, 0.2) is 11.7 Å². The van der Waals surface area contributed by atoms with E-state index in [1.165, 1.54) is 19.1 Å². The summed E-state index contributed by atoms with van der Waals surface area (Å²) in [5.41, 5.74) is 11.9. The molecule has 0 spiro atoms. The molecule has 0 atom stereocenters. The number of carbonyl (C=O) groups is 2. The van der Waals surface area contributed by atoms with Crippen LogP contribution < -0.4 is 16.2 Å². The van der Waals surface area contributed by atoms with Crippen molar-refractivity contribution in [1.82, 2.24) is 0 Å². The van der Waals surface area contributed by atoms with Crippen LogP contribution in [0.4, 0.5) is 0 Å². The Morgan fingerprint density at radius 3 is 2.33 bits per heavy atom. The molecule has 7 heteroatoms. The van der Waals surface area contributed by atoms with E-state index < -0.39 is 5.91 Å². The fraction of sp³-hybridized carbons (Fsp3) is 0.118. The molecule has 0 aliphatic carbocycles. The molecule has 0 aromatic heterocycles. The topological polar surface area (TPSA) is 108 Å². The van der Waals surface area contributed by atoms with Crippen LogP contribution in [0.3, 0.4) is 0 Å². The van der Waals surface area contributed by atoms with E-state index in [4.69, 9.17) is 16.2 Å². The van der Waals surface area contributed by atoms with Crippen molar-refractivity contribution in [3.8, 4) is 5.75 Å². The molecule has 1 amide bonds. The number of nitrogens with two attached hydrogens (primary N) is 2. The summed E-state index contributed by atoms with van der Waals surface area (Å²) < 4.78 is 5.68. The molecule has 0 radical (unpaired) electrons. The number of rotatable bonds is 5. The van der Waals surface area contributed by atoms with Gasteiger partial charge in [-0.3, -0.25) is 9.59 Å². The van der Waals surface area contributed by atoms with Gasteiger partial charge in [-0.1, -0.05) is 30.3 Å². The van der Waals surface area contributed by atoms with Gasteiger partial charge in [0, 0.05) is 5.56 Å². The third-order valence-electron chi connectivity index (χ3n) is 3.07. The fourth-order valence-corrected chi connectivity index (χ4v) is 1.98. The first kappa shape index (κ1) is 19.2. The van der Waals surface area contributed by atoms with Crippen molar-refractivity contribution in [2.24, 2.45) is 16.5 Å². The number of hydrogen-bond donors (Lipinski definition) is 2. The third-order valence-corrected chi connectivity index (χ3v) is 3.07. The van der Waals surface area contributed by atoms with E-state index in [9.17, 15) is 9.59 Å². The first-order valence-electron chi connectivity index (χ1n) is 6.93. The summed E-state index contributed by atoms with van der Waals surface area (Å²) in [5.74, 6) is -0.749. The maximum absolute atomic E-state index is 11.8. The summed E-state index contributed by atoms with van der Waals surface area (Å²) in [6.07, 6.45) is 0. The molecule has 0 bridgehead atoms. The lowest BCUT2D eigenvalue weighted by Crippen LogP contribution is -2.24. The van der Waals surface area contributed by atoms with Gasteiger partial charge < -0.3 is 16.2 Å². The number of nitrogens with zero attached hydrogens (tertiary/aromatic N) is 1. The smallest absolute Gasteiger partial charge is 0.280 e. The Morgan fingerprint density at radius 1 is 1.08 bits per heavy atom. The number of halogens is 1. The van der Waals surface area contributed by atoms with Crippen LogP contribution >= 0.6 is 12.4 Å². The molecule has 0 saturated heterocycles. The minimum absolute atomic E-state index is 0. The summed E-state index contributed by atoms with van der Waals surface area (Å²) in [7, 11) is 0. The van der Waals surface area contributed by atoms with Crippen molar-refractivity contribution in [1.29, 1.82) is 0 Å². The van der Waals surface area contributed by atoms with Gasteiger partial charge in [-0.15, -0.1) is 12.4 Å². The average molecular weight is 348 g/mol. The van der Waals surface area contributed by atoms with Gasteiger partial charge in [0.1, 0.15) is 12.4 Å². The van der Waals surface area contributed by atoms with Gasteiger partial charge in [-0.05, 0) is 30.7 Å². The van der Waals surface area contributed by atoms with Gasteiger partial charge in [0.2, 0.25) is 0 Å². The first-order valence-corrected chi connectivity index (χ1v) is 6.93.